The van der Waals surface area contributed by atoms with Crippen LogP contribution in [0.3, 0.4) is 0 Å². The fourth-order valence-corrected chi connectivity index (χ4v) is 1.87. The van der Waals surface area contributed by atoms with Crippen LogP contribution in [0.15, 0.2) is 6.20 Å². The number of hydrogen-bond donors (Lipinski definition) is 1. The topological polar surface area (TPSA) is 46.9 Å². The summed E-state index contributed by atoms with van der Waals surface area (Å²) in [5.41, 5.74) is 0.991. The van der Waals surface area contributed by atoms with Gasteiger partial charge in [-0.1, -0.05) is 13.8 Å². The molecule has 0 aliphatic heterocycles. The molecule has 1 rings (SSSR count). The van der Waals surface area contributed by atoms with E-state index >= 15 is 0 Å². The summed E-state index contributed by atoms with van der Waals surface area (Å²) in [4.78, 5) is 4.45. The normalized spacial score (nSPS) is 14.9. The highest BCUT2D eigenvalue weighted by molar-refractivity contribution is 7.84. The molecule has 0 aromatic carbocycles. The molecule has 2 atom stereocenters. The van der Waals surface area contributed by atoms with Gasteiger partial charge in [-0.25, -0.2) is 4.98 Å². The fourth-order valence-electron chi connectivity index (χ4n) is 1.50. The molecular weight excluding hydrogens is 234 g/mol. The number of aryl methyl sites for hydroxylation is 1. The Kier molecular flexibility index (Phi) is 5.18. The maximum absolute atomic E-state index is 11.4. The number of rotatable bonds is 6. The lowest BCUT2D eigenvalue weighted by Gasteiger charge is -2.14. The summed E-state index contributed by atoms with van der Waals surface area (Å²) in [7, 11) is -0.799. The first-order valence-corrected chi connectivity index (χ1v) is 7.62. The van der Waals surface area contributed by atoms with E-state index in [0.717, 1.165) is 24.7 Å². The maximum Gasteiger partial charge on any atom is 0.203 e. The van der Waals surface area contributed by atoms with Crippen molar-refractivity contribution in [3.8, 4) is 0 Å². The molecule has 1 N–H and O–H groups in total. The monoisotopic (exact) mass is 257 g/mol. The van der Waals surface area contributed by atoms with E-state index in [2.05, 4.69) is 28.7 Å². The van der Waals surface area contributed by atoms with E-state index in [1.165, 1.54) is 0 Å². The Morgan fingerprint density at radius 1 is 1.47 bits per heavy atom. The Balaban J connectivity index is 2.73. The molecule has 2 unspecified atom stereocenters. The van der Waals surface area contributed by atoms with Crippen LogP contribution in [0.25, 0.3) is 0 Å². The molecule has 0 aliphatic carbocycles. The van der Waals surface area contributed by atoms with E-state index in [4.69, 9.17) is 0 Å². The molecule has 5 heteroatoms. The highest BCUT2D eigenvalue weighted by Crippen LogP contribution is 2.11. The predicted molar refractivity (Wildman–Crippen MR) is 73.8 cm³/mol. The highest BCUT2D eigenvalue weighted by atomic mass is 32.2. The summed E-state index contributed by atoms with van der Waals surface area (Å²) < 4.78 is 13.4. The van der Waals surface area contributed by atoms with Gasteiger partial charge in [0.2, 0.25) is 5.95 Å². The zero-order valence-electron chi connectivity index (χ0n) is 11.4. The van der Waals surface area contributed by atoms with Crippen molar-refractivity contribution < 1.29 is 4.21 Å². The Morgan fingerprint density at radius 2 is 2.12 bits per heavy atom. The first-order chi connectivity index (χ1) is 7.90. The first kappa shape index (κ1) is 14.2. The third-order valence-corrected chi connectivity index (χ3v) is 3.87. The van der Waals surface area contributed by atoms with Crippen molar-refractivity contribution >= 4 is 16.7 Å². The van der Waals surface area contributed by atoms with Gasteiger partial charge in [-0.05, 0) is 19.8 Å². The lowest BCUT2D eigenvalue weighted by molar-refractivity contribution is 0.636. The number of anilines is 1. The van der Waals surface area contributed by atoms with E-state index in [0.29, 0.717) is 5.92 Å². The van der Waals surface area contributed by atoms with Crippen LogP contribution in [0, 0.1) is 12.8 Å². The second kappa shape index (κ2) is 6.19. The molecule has 0 amide bonds. The minimum atomic E-state index is -0.799. The van der Waals surface area contributed by atoms with Gasteiger partial charge in [0.25, 0.3) is 0 Å². The number of nitrogens with one attached hydrogen (secondary N) is 1. The van der Waals surface area contributed by atoms with Crippen molar-refractivity contribution in [2.24, 2.45) is 5.92 Å². The van der Waals surface area contributed by atoms with Crippen LogP contribution in [0.5, 0.6) is 0 Å². The molecule has 98 valence electrons. The van der Waals surface area contributed by atoms with Crippen LogP contribution in [-0.4, -0.2) is 31.8 Å². The van der Waals surface area contributed by atoms with Gasteiger partial charge < -0.3 is 9.88 Å². The Bertz CT molecular complexity index is 387. The van der Waals surface area contributed by atoms with Gasteiger partial charge >= 0.3 is 0 Å². The standard InChI is InChI=1S/C12H23N3OS/c1-9(2)6-13-12-14-10(3)7-15(12)8-11(4)17(5)16/h7,9,11H,6,8H2,1-5H3,(H,13,14). The SMILES string of the molecule is Cc1cn(CC(C)S(C)=O)c(NCC(C)C)n1. The predicted octanol–water partition coefficient (Wildman–Crippen LogP) is 2.03. The summed E-state index contributed by atoms with van der Waals surface area (Å²) in [5, 5.41) is 3.47. The van der Waals surface area contributed by atoms with E-state index in [1.807, 2.05) is 20.0 Å². The van der Waals surface area contributed by atoms with Gasteiger partial charge in [0, 0.05) is 41.6 Å². The summed E-state index contributed by atoms with van der Waals surface area (Å²) in [6.45, 7) is 9.94. The zero-order valence-corrected chi connectivity index (χ0v) is 12.2. The Hall–Kier alpha value is -0.840. The number of nitrogens with zero attached hydrogens (tertiary/aromatic N) is 2. The van der Waals surface area contributed by atoms with Crippen LogP contribution < -0.4 is 5.32 Å². The molecule has 0 saturated heterocycles. The van der Waals surface area contributed by atoms with Crippen LogP contribution >= 0.6 is 0 Å². The molecule has 1 aromatic rings. The highest BCUT2D eigenvalue weighted by Gasteiger charge is 2.11. The van der Waals surface area contributed by atoms with Crippen molar-refractivity contribution in [3.63, 3.8) is 0 Å². The Labute approximate surface area is 106 Å². The van der Waals surface area contributed by atoms with E-state index in [9.17, 15) is 4.21 Å². The van der Waals surface area contributed by atoms with Gasteiger partial charge in [0.1, 0.15) is 0 Å². The van der Waals surface area contributed by atoms with E-state index in [1.54, 1.807) is 6.26 Å². The summed E-state index contributed by atoms with van der Waals surface area (Å²) in [6, 6.07) is 0. The van der Waals surface area contributed by atoms with Gasteiger partial charge in [-0.2, -0.15) is 0 Å². The number of imidazole rings is 1. The molecule has 1 aromatic heterocycles. The third-order valence-electron chi connectivity index (χ3n) is 2.59. The third kappa shape index (κ3) is 4.50. The molecule has 0 radical (unpaired) electrons. The molecule has 0 spiro atoms. The van der Waals surface area contributed by atoms with Crippen LogP contribution in [0.2, 0.25) is 0 Å². The Morgan fingerprint density at radius 3 is 2.65 bits per heavy atom. The molecular formula is C12H23N3OS. The average molecular weight is 257 g/mol. The van der Waals surface area contributed by atoms with Gasteiger partial charge in [-0.15, -0.1) is 0 Å². The number of hydrogen-bond acceptors (Lipinski definition) is 3. The average Bonchev–Trinajstić information content (AvgIpc) is 2.55. The molecule has 0 bridgehead atoms. The van der Waals surface area contributed by atoms with Gasteiger partial charge in [0.05, 0.1) is 5.69 Å². The summed E-state index contributed by atoms with van der Waals surface area (Å²) in [6.07, 6.45) is 3.75. The molecule has 0 aliphatic rings. The molecule has 4 nitrogen and oxygen atoms in total. The molecule has 0 fully saturated rings. The number of aromatic nitrogens is 2. The van der Waals surface area contributed by atoms with Gasteiger partial charge in [-0.3, -0.25) is 4.21 Å². The van der Waals surface area contributed by atoms with Crippen LogP contribution in [0.4, 0.5) is 5.95 Å². The van der Waals surface area contributed by atoms with Crippen molar-refractivity contribution in [1.82, 2.24) is 9.55 Å². The molecule has 17 heavy (non-hydrogen) atoms. The second-order valence-electron chi connectivity index (χ2n) is 4.94. The second-order valence-corrected chi connectivity index (χ2v) is 6.74. The van der Waals surface area contributed by atoms with Crippen molar-refractivity contribution in [2.75, 3.05) is 18.1 Å². The summed E-state index contributed by atoms with van der Waals surface area (Å²) in [5.74, 6) is 1.46. The van der Waals surface area contributed by atoms with E-state index < -0.39 is 10.8 Å². The molecule has 0 saturated carbocycles. The van der Waals surface area contributed by atoms with Gasteiger partial charge in [0.15, 0.2) is 0 Å². The van der Waals surface area contributed by atoms with Crippen LogP contribution in [-0.2, 0) is 17.3 Å². The molecule has 1 heterocycles. The largest absolute Gasteiger partial charge is 0.355 e. The quantitative estimate of drug-likeness (QED) is 0.848. The maximum atomic E-state index is 11.4. The van der Waals surface area contributed by atoms with E-state index in [-0.39, 0.29) is 5.25 Å². The van der Waals surface area contributed by atoms with Crippen molar-refractivity contribution in [2.45, 2.75) is 39.5 Å². The summed E-state index contributed by atoms with van der Waals surface area (Å²) >= 11 is 0. The zero-order chi connectivity index (χ0) is 13.0. The van der Waals surface area contributed by atoms with Crippen molar-refractivity contribution in [1.29, 1.82) is 0 Å². The lowest BCUT2D eigenvalue weighted by Crippen LogP contribution is -2.20. The minimum Gasteiger partial charge on any atom is -0.355 e. The van der Waals surface area contributed by atoms with Crippen LogP contribution in [0.1, 0.15) is 26.5 Å². The lowest BCUT2D eigenvalue weighted by atomic mass is 10.2. The van der Waals surface area contributed by atoms with Crippen molar-refractivity contribution in [3.05, 3.63) is 11.9 Å². The first-order valence-electron chi connectivity index (χ1n) is 6.00. The smallest absolute Gasteiger partial charge is 0.203 e. The fraction of sp³-hybridized carbons (Fsp3) is 0.750. The minimum absolute atomic E-state index is 0.142.